The van der Waals surface area contributed by atoms with E-state index >= 15 is 0 Å². The maximum Gasteiger partial charge on any atom is 0.343 e. The van der Waals surface area contributed by atoms with Gasteiger partial charge in [-0.2, -0.15) is 0 Å². The number of unbranched alkanes of at least 4 members (excludes halogenated alkanes) is 1. The first-order valence-corrected chi connectivity index (χ1v) is 8.01. The van der Waals surface area contributed by atoms with Gasteiger partial charge in [0.2, 0.25) is 0 Å². The summed E-state index contributed by atoms with van der Waals surface area (Å²) in [6, 6.07) is 15.4. The Morgan fingerprint density at radius 3 is 2.18 bits per heavy atom. The number of esters is 1. The van der Waals surface area contributed by atoms with Gasteiger partial charge in [-0.05, 0) is 54.2 Å². The summed E-state index contributed by atoms with van der Waals surface area (Å²) >= 11 is 0. The standard InChI is InChI=1S/C20H24O2/c1-4-5-6-16-7-9-18(10-8-16)20(21)22-19-13-11-17(12-14-19)15(2)3/h7-15H,4-6H2,1-3H3. The Labute approximate surface area is 133 Å². The minimum atomic E-state index is -0.306. The number of aryl methyl sites for hydroxylation is 1. The lowest BCUT2D eigenvalue weighted by atomic mass is 10.0. The Balaban J connectivity index is 1.99. The predicted molar refractivity (Wildman–Crippen MR) is 90.5 cm³/mol. The third-order valence-corrected chi connectivity index (χ3v) is 3.77. The first-order valence-electron chi connectivity index (χ1n) is 8.01. The number of carbonyl (C=O) groups excluding carboxylic acids is 1. The van der Waals surface area contributed by atoms with Gasteiger partial charge >= 0.3 is 5.97 Å². The van der Waals surface area contributed by atoms with Gasteiger partial charge in [-0.3, -0.25) is 0 Å². The van der Waals surface area contributed by atoms with E-state index in [2.05, 4.69) is 20.8 Å². The van der Waals surface area contributed by atoms with Crippen molar-refractivity contribution in [2.75, 3.05) is 0 Å². The normalized spacial score (nSPS) is 10.7. The molecule has 0 unspecified atom stereocenters. The van der Waals surface area contributed by atoms with Crippen LogP contribution < -0.4 is 4.74 Å². The SMILES string of the molecule is CCCCc1ccc(C(=O)Oc2ccc(C(C)C)cc2)cc1. The van der Waals surface area contributed by atoms with Gasteiger partial charge in [-0.25, -0.2) is 4.79 Å². The van der Waals surface area contributed by atoms with Gasteiger partial charge < -0.3 is 4.74 Å². The second-order valence-corrected chi connectivity index (χ2v) is 5.91. The van der Waals surface area contributed by atoms with Crippen molar-refractivity contribution in [1.29, 1.82) is 0 Å². The molecular formula is C20H24O2. The molecule has 0 spiro atoms. The van der Waals surface area contributed by atoms with Crippen LogP contribution in [0.4, 0.5) is 0 Å². The summed E-state index contributed by atoms with van der Waals surface area (Å²) in [7, 11) is 0. The Hall–Kier alpha value is -2.09. The molecule has 0 heterocycles. The fourth-order valence-corrected chi connectivity index (χ4v) is 2.28. The third kappa shape index (κ3) is 4.45. The van der Waals surface area contributed by atoms with Crippen molar-refractivity contribution in [3.63, 3.8) is 0 Å². The minimum absolute atomic E-state index is 0.306. The van der Waals surface area contributed by atoms with Crippen LogP contribution in [0.2, 0.25) is 0 Å². The molecule has 0 aliphatic heterocycles. The maximum atomic E-state index is 12.1. The van der Waals surface area contributed by atoms with Crippen molar-refractivity contribution in [3.05, 3.63) is 65.2 Å². The highest BCUT2D eigenvalue weighted by Gasteiger charge is 2.09. The van der Waals surface area contributed by atoms with Crippen molar-refractivity contribution < 1.29 is 9.53 Å². The Morgan fingerprint density at radius 1 is 1.00 bits per heavy atom. The first kappa shape index (κ1) is 16.3. The molecule has 0 bridgehead atoms. The number of ether oxygens (including phenoxy) is 1. The summed E-state index contributed by atoms with van der Waals surface area (Å²) in [5.74, 6) is 0.754. The van der Waals surface area contributed by atoms with Crippen molar-refractivity contribution in [3.8, 4) is 5.75 Å². The molecule has 2 aromatic rings. The molecule has 22 heavy (non-hydrogen) atoms. The van der Waals surface area contributed by atoms with E-state index in [1.165, 1.54) is 24.0 Å². The highest BCUT2D eigenvalue weighted by molar-refractivity contribution is 5.91. The molecule has 0 radical (unpaired) electrons. The minimum Gasteiger partial charge on any atom is -0.423 e. The lowest BCUT2D eigenvalue weighted by Gasteiger charge is -2.08. The molecule has 0 saturated carbocycles. The summed E-state index contributed by atoms with van der Waals surface area (Å²) in [4.78, 5) is 12.1. The molecule has 2 rings (SSSR count). The summed E-state index contributed by atoms with van der Waals surface area (Å²) in [6.45, 7) is 6.46. The van der Waals surface area contributed by atoms with Gasteiger partial charge in [0.15, 0.2) is 0 Å². The molecular weight excluding hydrogens is 272 g/mol. The Kier molecular flexibility index (Phi) is 5.76. The van der Waals surface area contributed by atoms with Crippen LogP contribution in [0.25, 0.3) is 0 Å². The molecule has 2 nitrogen and oxygen atoms in total. The van der Waals surface area contributed by atoms with Crippen LogP contribution in [0.15, 0.2) is 48.5 Å². The van der Waals surface area contributed by atoms with Crippen molar-refractivity contribution in [2.24, 2.45) is 0 Å². The average molecular weight is 296 g/mol. The van der Waals surface area contributed by atoms with Gasteiger partial charge in [0.05, 0.1) is 5.56 Å². The molecule has 0 aliphatic rings. The number of hydrogen-bond acceptors (Lipinski definition) is 2. The molecule has 0 N–H and O–H groups in total. The summed E-state index contributed by atoms with van der Waals surface area (Å²) in [6.07, 6.45) is 3.41. The van der Waals surface area contributed by atoms with Crippen LogP contribution in [0.5, 0.6) is 5.75 Å². The van der Waals surface area contributed by atoms with Crippen LogP contribution in [0.3, 0.4) is 0 Å². The molecule has 0 saturated heterocycles. The first-order chi connectivity index (χ1) is 10.6. The molecule has 0 atom stereocenters. The average Bonchev–Trinajstić information content (AvgIpc) is 2.54. The van der Waals surface area contributed by atoms with Gasteiger partial charge in [-0.15, -0.1) is 0 Å². The quantitative estimate of drug-likeness (QED) is 0.529. The molecule has 116 valence electrons. The van der Waals surface area contributed by atoms with E-state index in [9.17, 15) is 4.79 Å². The van der Waals surface area contributed by atoms with Crippen molar-refractivity contribution in [1.82, 2.24) is 0 Å². The van der Waals surface area contributed by atoms with Crippen molar-refractivity contribution >= 4 is 5.97 Å². The maximum absolute atomic E-state index is 12.1. The van der Waals surface area contributed by atoms with Crippen LogP contribution in [0.1, 0.15) is 61.0 Å². The Morgan fingerprint density at radius 2 is 1.64 bits per heavy atom. The second-order valence-electron chi connectivity index (χ2n) is 5.91. The zero-order valence-corrected chi connectivity index (χ0v) is 13.6. The lowest BCUT2D eigenvalue weighted by Crippen LogP contribution is -2.08. The summed E-state index contributed by atoms with van der Waals surface area (Å²) in [5, 5.41) is 0. The van der Waals surface area contributed by atoms with Gasteiger partial charge in [0.25, 0.3) is 0 Å². The van der Waals surface area contributed by atoms with Gasteiger partial charge in [0.1, 0.15) is 5.75 Å². The Bertz CT molecular complexity index is 595. The van der Waals surface area contributed by atoms with E-state index in [4.69, 9.17) is 4.74 Å². The zero-order valence-electron chi connectivity index (χ0n) is 13.6. The summed E-state index contributed by atoms with van der Waals surface area (Å²) < 4.78 is 5.42. The fraction of sp³-hybridized carbons (Fsp3) is 0.350. The number of carbonyl (C=O) groups is 1. The lowest BCUT2D eigenvalue weighted by molar-refractivity contribution is 0.0734. The molecule has 2 heteroatoms. The molecule has 0 aliphatic carbocycles. The van der Waals surface area contributed by atoms with Crippen molar-refractivity contribution in [2.45, 2.75) is 46.0 Å². The second kappa shape index (κ2) is 7.79. The fourth-order valence-electron chi connectivity index (χ4n) is 2.28. The van der Waals surface area contributed by atoms with E-state index in [-0.39, 0.29) is 5.97 Å². The van der Waals surface area contributed by atoms with E-state index in [0.717, 1.165) is 6.42 Å². The van der Waals surface area contributed by atoms with Crippen LogP contribution in [0, 0.1) is 0 Å². The number of benzene rings is 2. The van der Waals surface area contributed by atoms with Gasteiger partial charge in [-0.1, -0.05) is 51.5 Å². The number of hydrogen-bond donors (Lipinski definition) is 0. The largest absolute Gasteiger partial charge is 0.423 e. The van der Waals surface area contributed by atoms with Crippen LogP contribution >= 0.6 is 0 Å². The smallest absolute Gasteiger partial charge is 0.343 e. The topological polar surface area (TPSA) is 26.3 Å². The molecule has 0 amide bonds. The third-order valence-electron chi connectivity index (χ3n) is 3.77. The predicted octanol–water partition coefficient (Wildman–Crippen LogP) is 5.37. The highest BCUT2D eigenvalue weighted by atomic mass is 16.5. The molecule has 0 aromatic heterocycles. The van der Waals surface area contributed by atoms with E-state index in [0.29, 0.717) is 17.2 Å². The highest BCUT2D eigenvalue weighted by Crippen LogP contribution is 2.19. The van der Waals surface area contributed by atoms with Crippen LogP contribution in [-0.2, 0) is 6.42 Å². The van der Waals surface area contributed by atoms with E-state index in [1.54, 1.807) is 0 Å². The van der Waals surface area contributed by atoms with E-state index in [1.807, 2.05) is 48.5 Å². The van der Waals surface area contributed by atoms with Gasteiger partial charge in [0, 0.05) is 0 Å². The van der Waals surface area contributed by atoms with E-state index < -0.39 is 0 Å². The molecule has 0 fully saturated rings. The monoisotopic (exact) mass is 296 g/mol. The number of rotatable bonds is 6. The summed E-state index contributed by atoms with van der Waals surface area (Å²) in [5.41, 5.74) is 3.09. The molecule has 2 aromatic carbocycles. The zero-order chi connectivity index (χ0) is 15.9. The van der Waals surface area contributed by atoms with Crippen LogP contribution in [-0.4, -0.2) is 5.97 Å².